The van der Waals surface area contributed by atoms with E-state index in [1.165, 1.54) is 128 Å². The molecule has 0 amide bonds. The lowest BCUT2D eigenvalue weighted by Gasteiger charge is -2.21. The molecule has 3 unspecified atom stereocenters. The van der Waals surface area contributed by atoms with Crippen molar-refractivity contribution < 1.29 is 80.2 Å². The van der Waals surface area contributed by atoms with Crippen LogP contribution in [0.4, 0.5) is 0 Å². The molecule has 0 aromatic carbocycles. The molecule has 0 bridgehead atoms. The van der Waals surface area contributed by atoms with Crippen molar-refractivity contribution in [3.8, 4) is 0 Å². The molecule has 88 heavy (non-hydrogen) atoms. The number of phosphoric acid groups is 2. The van der Waals surface area contributed by atoms with Crippen LogP contribution in [0.1, 0.15) is 338 Å². The lowest BCUT2D eigenvalue weighted by Crippen LogP contribution is -2.30. The minimum atomic E-state index is -4.95. The number of aliphatic hydroxyl groups excluding tert-OH is 1. The minimum Gasteiger partial charge on any atom is -0.462 e. The number of esters is 4. The van der Waals surface area contributed by atoms with Crippen molar-refractivity contribution in [1.29, 1.82) is 0 Å². The van der Waals surface area contributed by atoms with Gasteiger partial charge < -0.3 is 33.8 Å². The number of ether oxygens (including phenoxy) is 4. The smallest absolute Gasteiger partial charge is 0.462 e. The highest BCUT2D eigenvalue weighted by molar-refractivity contribution is 7.47. The van der Waals surface area contributed by atoms with Crippen molar-refractivity contribution in [2.45, 2.75) is 356 Å². The van der Waals surface area contributed by atoms with Gasteiger partial charge in [-0.05, 0) is 49.4 Å². The molecule has 0 heterocycles. The summed E-state index contributed by atoms with van der Waals surface area (Å²) in [4.78, 5) is 72.4. The summed E-state index contributed by atoms with van der Waals surface area (Å²) in [6.07, 6.45) is 40.6. The molecule has 5 atom stereocenters. The molecule has 0 spiro atoms. The van der Waals surface area contributed by atoms with Crippen molar-refractivity contribution >= 4 is 39.5 Å². The number of carbonyl (C=O) groups excluding carboxylic acids is 4. The highest BCUT2D eigenvalue weighted by Gasteiger charge is 2.30. The van der Waals surface area contributed by atoms with E-state index < -0.39 is 97.5 Å². The molecular formula is C69H134O17P2. The van der Waals surface area contributed by atoms with Crippen LogP contribution in [0.5, 0.6) is 0 Å². The maximum absolute atomic E-state index is 13.0. The third-order valence-electron chi connectivity index (χ3n) is 15.8. The molecular weight excluding hydrogens is 1160 g/mol. The van der Waals surface area contributed by atoms with Crippen LogP contribution in [0.3, 0.4) is 0 Å². The highest BCUT2D eigenvalue weighted by atomic mass is 31.2. The van der Waals surface area contributed by atoms with Crippen LogP contribution in [-0.2, 0) is 65.4 Å². The van der Waals surface area contributed by atoms with Crippen molar-refractivity contribution in [3.05, 3.63) is 0 Å². The van der Waals surface area contributed by atoms with Gasteiger partial charge in [-0.15, -0.1) is 0 Å². The number of unbranched alkanes of at least 4 members (excludes halogenated alkanes) is 32. The van der Waals surface area contributed by atoms with E-state index in [1.54, 1.807) is 0 Å². The number of hydrogen-bond donors (Lipinski definition) is 3. The van der Waals surface area contributed by atoms with Crippen LogP contribution in [0.25, 0.3) is 0 Å². The predicted octanol–water partition coefficient (Wildman–Crippen LogP) is 19.3. The van der Waals surface area contributed by atoms with Gasteiger partial charge >= 0.3 is 39.5 Å². The van der Waals surface area contributed by atoms with Crippen molar-refractivity contribution in [2.24, 2.45) is 23.7 Å². The van der Waals surface area contributed by atoms with Crippen LogP contribution in [0.15, 0.2) is 0 Å². The number of carbonyl (C=O) groups is 4. The molecule has 17 nitrogen and oxygen atoms in total. The Kier molecular flexibility index (Phi) is 57.6. The molecule has 0 fully saturated rings. The van der Waals surface area contributed by atoms with Crippen LogP contribution in [0, 0.1) is 23.7 Å². The molecule has 0 aromatic heterocycles. The van der Waals surface area contributed by atoms with Gasteiger partial charge in [0.05, 0.1) is 26.4 Å². The monoisotopic (exact) mass is 1300 g/mol. The zero-order valence-electron chi connectivity index (χ0n) is 57.3. The van der Waals surface area contributed by atoms with Gasteiger partial charge in [0, 0.05) is 25.7 Å². The molecule has 0 saturated carbocycles. The number of hydrogen-bond acceptors (Lipinski definition) is 15. The van der Waals surface area contributed by atoms with E-state index in [1.807, 2.05) is 0 Å². The number of rotatable bonds is 66. The third-order valence-corrected chi connectivity index (χ3v) is 17.7. The first-order valence-electron chi connectivity index (χ1n) is 35.7. The quantitative estimate of drug-likeness (QED) is 0.0222. The fourth-order valence-corrected chi connectivity index (χ4v) is 11.9. The van der Waals surface area contributed by atoms with Crippen molar-refractivity contribution in [1.82, 2.24) is 0 Å². The summed E-state index contributed by atoms with van der Waals surface area (Å²) in [5, 5.41) is 10.6. The second-order valence-electron chi connectivity index (χ2n) is 26.8. The van der Waals surface area contributed by atoms with Crippen LogP contribution in [0.2, 0.25) is 0 Å². The Morgan fingerprint density at radius 3 is 0.705 bits per heavy atom. The first-order chi connectivity index (χ1) is 42.1. The first kappa shape index (κ1) is 86.1. The largest absolute Gasteiger partial charge is 0.472 e. The van der Waals surface area contributed by atoms with Crippen LogP contribution in [-0.4, -0.2) is 96.7 Å². The Balaban J connectivity index is 5.22. The van der Waals surface area contributed by atoms with E-state index in [4.69, 9.17) is 37.0 Å². The van der Waals surface area contributed by atoms with E-state index in [-0.39, 0.29) is 25.7 Å². The van der Waals surface area contributed by atoms with Gasteiger partial charge in [-0.1, -0.05) is 287 Å². The molecule has 0 aliphatic rings. The second-order valence-corrected chi connectivity index (χ2v) is 29.7. The van der Waals surface area contributed by atoms with Gasteiger partial charge in [-0.3, -0.25) is 37.3 Å². The second kappa shape index (κ2) is 58.8. The van der Waals surface area contributed by atoms with Gasteiger partial charge in [0.1, 0.15) is 19.3 Å². The predicted molar refractivity (Wildman–Crippen MR) is 354 cm³/mol. The van der Waals surface area contributed by atoms with Gasteiger partial charge in [0.25, 0.3) is 0 Å². The van der Waals surface area contributed by atoms with Gasteiger partial charge in [0.15, 0.2) is 12.2 Å². The minimum absolute atomic E-state index is 0.104. The fourth-order valence-electron chi connectivity index (χ4n) is 10.3. The first-order valence-corrected chi connectivity index (χ1v) is 38.7. The molecule has 3 N–H and O–H groups in total. The Hall–Kier alpha value is -1.94. The topological polar surface area (TPSA) is 237 Å². The van der Waals surface area contributed by atoms with E-state index in [0.717, 1.165) is 115 Å². The molecule has 0 saturated heterocycles. The number of aliphatic hydroxyl groups is 1. The number of phosphoric ester groups is 2. The summed E-state index contributed by atoms with van der Waals surface area (Å²) >= 11 is 0. The summed E-state index contributed by atoms with van der Waals surface area (Å²) < 4.78 is 68.2. The molecule has 0 rings (SSSR count). The van der Waals surface area contributed by atoms with Gasteiger partial charge in [-0.25, -0.2) is 9.13 Å². The van der Waals surface area contributed by atoms with E-state index in [0.29, 0.717) is 37.5 Å². The molecule has 522 valence electrons. The Labute approximate surface area is 537 Å². The zero-order valence-corrected chi connectivity index (χ0v) is 59.1. The summed E-state index contributed by atoms with van der Waals surface area (Å²) in [6, 6.07) is 0. The lowest BCUT2D eigenvalue weighted by molar-refractivity contribution is -0.161. The van der Waals surface area contributed by atoms with Gasteiger partial charge in [0.2, 0.25) is 0 Å². The summed E-state index contributed by atoms with van der Waals surface area (Å²) in [6.45, 7) is 14.0. The van der Waals surface area contributed by atoms with Crippen LogP contribution < -0.4 is 0 Å². The Morgan fingerprint density at radius 1 is 0.284 bits per heavy atom. The normalized spacial score (nSPS) is 14.3. The maximum atomic E-state index is 13.0. The summed E-state index contributed by atoms with van der Waals surface area (Å²) in [5.74, 6) is 0.782. The highest BCUT2D eigenvalue weighted by Crippen LogP contribution is 2.45. The standard InChI is InChI=1S/C69H134O17P2/c1-59(2)45-37-29-21-16-13-11-9-10-12-14-18-24-35-43-51-68(73)85-64(55-79-66(71)49-41-33-26-20-23-31-39-47-61(5)6)57-83-87(75,76)81-53-63(70)54-82-88(77,78)84-58-65(56-80-67(72)50-42-34-28-27-32-40-48-62(7)8)86-69(74)52-44-36-25-19-15-17-22-30-38-46-60(3)4/h59-65,70H,9-58H2,1-8H3,(H,75,76)(H,77,78)/t63?,64-,65-/m1/s1. The third kappa shape index (κ3) is 62.8. The Morgan fingerprint density at radius 2 is 0.477 bits per heavy atom. The van der Waals surface area contributed by atoms with Gasteiger partial charge in [-0.2, -0.15) is 0 Å². The van der Waals surface area contributed by atoms with E-state index in [2.05, 4.69) is 55.4 Å². The molecule has 0 aliphatic heterocycles. The van der Waals surface area contributed by atoms with E-state index >= 15 is 0 Å². The lowest BCUT2D eigenvalue weighted by atomic mass is 10.0. The molecule has 0 aromatic rings. The van der Waals surface area contributed by atoms with Crippen molar-refractivity contribution in [3.63, 3.8) is 0 Å². The van der Waals surface area contributed by atoms with Crippen molar-refractivity contribution in [2.75, 3.05) is 39.6 Å². The average Bonchev–Trinajstić information content (AvgIpc) is 3.69. The zero-order chi connectivity index (χ0) is 65.4. The van der Waals surface area contributed by atoms with E-state index in [9.17, 15) is 43.2 Å². The Bertz CT molecular complexity index is 1750. The van der Waals surface area contributed by atoms with Crippen LogP contribution >= 0.6 is 15.6 Å². The molecule has 0 aliphatic carbocycles. The SMILES string of the molecule is CC(C)CCCCCCCCCCCCCCCCC(=O)O[C@H](COC(=O)CCCCCCCCCC(C)C)COP(=O)(O)OCC(O)COP(=O)(O)OC[C@@H](COC(=O)CCCCCCCCC(C)C)OC(=O)CCCCCCCCCCCC(C)C. The summed E-state index contributed by atoms with van der Waals surface area (Å²) in [7, 11) is -9.90. The molecule has 19 heteroatoms. The fraction of sp³-hybridized carbons (Fsp3) is 0.942. The maximum Gasteiger partial charge on any atom is 0.472 e. The average molecular weight is 1300 g/mol. The molecule has 0 radical (unpaired) electrons. The summed E-state index contributed by atoms with van der Waals surface area (Å²) in [5.41, 5.74) is 0.